The highest BCUT2D eigenvalue weighted by molar-refractivity contribution is 7.80. The summed E-state index contributed by atoms with van der Waals surface area (Å²) < 4.78 is 10.8. The van der Waals surface area contributed by atoms with Gasteiger partial charge in [0.15, 0.2) is 0 Å². The van der Waals surface area contributed by atoms with Crippen LogP contribution >= 0.6 is 12.2 Å². The van der Waals surface area contributed by atoms with Gasteiger partial charge in [-0.25, -0.2) is 0 Å². The van der Waals surface area contributed by atoms with E-state index in [2.05, 4.69) is 5.32 Å². The number of rotatable bonds is 5. The van der Waals surface area contributed by atoms with Crippen molar-refractivity contribution in [2.45, 2.75) is 19.8 Å². The lowest BCUT2D eigenvalue weighted by atomic mass is 9.79. The van der Waals surface area contributed by atoms with Crippen LogP contribution in [0.25, 0.3) is 0 Å². The molecule has 5 nitrogen and oxygen atoms in total. The van der Waals surface area contributed by atoms with Crippen LogP contribution in [-0.2, 0) is 9.53 Å². The summed E-state index contributed by atoms with van der Waals surface area (Å²) in [5.74, 6) is 0.448. The van der Waals surface area contributed by atoms with Crippen LogP contribution in [0.4, 0.5) is 5.69 Å². The van der Waals surface area contributed by atoms with Gasteiger partial charge in [-0.1, -0.05) is 24.4 Å². The molecule has 0 atom stereocenters. The monoisotopic (exact) mass is 308 g/mol. The fraction of sp³-hybridized carbons (Fsp3) is 0.467. The van der Waals surface area contributed by atoms with E-state index in [0.717, 1.165) is 0 Å². The molecule has 0 radical (unpaired) electrons. The molecule has 114 valence electrons. The molecule has 0 aromatic heterocycles. The van der Waals surface area contributed by atoms with Gasteiger partial charge >= 0.3 is 0 Å². The highest BCUT2D eigenvalue weighted by atomic mass is 32.1. The number of thiocarbonyl (C=S) groups is 1. The van der Waals surface area contributed by atoms with Gasteiger partial charge in [0.1, 0.15) is 11.2 Å². The van der Waals surface area contributed by atoms with Crippen molar-refractivity contribution in [2.24, 2.45) is 11.1 Å². The van der Waals surface area contributed by atoms with Crippen molar-refractivity contribution in [2.75, 3.05) is 25.1 Å². The first-order chi connectivity index (χ1) is 10.1. The Balaban J connectivity index is 2.21. The van der Waals surface area contributed by atoms with Crippen LogP contribution in [-0.4, -0.2) is 30.7 Å². The number of nitrogens with two attached hydrogens (primary N) is 1. The normalized spacial score (nSPS) is 17.0. The number of carbonyl (C=O) groups excluding carboxylic acids is 1. The SMILES string of the molecule is CCOc1ccccc1NC(=O)C1(C(N)=S)CCOCC1. The summed E-state index contributed by atoms with van der Waals surface area (Å²) >= 11 is 5.13. The van der Waals surface area contributed by atoms with Gasteiger partial charge < -0.3 is 20.5 Å². The number of nitrogens with one attached hydrogen (secondary N) is 1. The topological polar surface area (TPSA) is 73.6 Å². The zero-order valence-corrected chi connectivity index (χ0v) is 12.9. The fourth-order valence-electron chi connectivity index (χ4n) is 2.40. The Bertz CT molecular complexity index is 527. The van der Waals surface area contributed by atoms with Gasteiger partial charge in [0.2, 0.25) is 5.91 Å². The van der Waals surface area contributed by atoms with Gasteiger partial charge in [0.05, 0.1) is 17.3 Å². The fourth-order valence-corrected chi connectivity index (χ4v) is 2.70. The minimum absolute atomic E-state index is 0.189. The lowest BCUT2D eigenvalue weighted by molar-refractivity contribution is -0.126. The number of ether oxygens (including phenoxy) is 2. The summed E-state index contributed by atoms with van der Waals surface area (Å²) in [4.78, 5) is 12.9. The van der Waals surface area contributed by atoms with Crippen molar-refractivity contribution >= 4 is 28.8 Å². The number of carbonyl (C=O) groups is 1. The van der Waals surface area contributed by atoms with E-state index in [0.29, 0.717) is 44.1 Å². The van der Waals surface area contributed by atoms with E-state index >= 15 is 0 Å². The van der Waals surface area contributed by atoms with Gasteiger partial charge in [0.25, 0.3) is 0 Å². The molecule has 1 aliphatic heterocycles. The second-order valence-corrected chi connectivity index (χ2v) is 5.38. The quantitative estimate of drug-likeness (QED) is 0.815. The van der Waals surface area contributed by atoms with Crippen LogP contribution in [0.1, 0.15) is 19.8 Å². The summed E-state index contributed by atoms with van der Waals surface area (Å²) in [7, 11) is 0. The van der Waals surface area contributed by atoms with E-state index in [1.54, 1.807) is 6.07 Å². The van der Waals surface area contributed by atoms with Crippen molar-refractivity contribution in [3.63, 3.8) is 0 Å². The van der Waals surface area contributed by atoms with Crippen LogP contribution in [0.15, 0.2) is 24.3 Å². The third-order valence-corrected chi connectivity index (χ3v) is 4.08. The Hall–Kier alpha value is -1.66. The molecule has 0 bridgehead atoms. The van der Waals surface area contributed by atoms with E-state index in [-0.39, 0.29) is 10.9 Å². The minimum atomic E-state index is -0.840. The average molecular weight is 308 g/mol. The third-order valence-electron chi connectivity index (χ3n) is 3.69. The molecule has 1 saturated heterocycles. The maximum atomic E-state index is 12.7. The summed E-state index contributed by atoms with van der Waals surface area (Å²) in [6.45, 7) is 3.39. The maximum absolute atomic E-state index is 12.7. The average Bonchev–Trinajstić information content (AvgIpc) is 2.50. The summed E-state index contributed by atoms with van der Waals surface area (Å²) in [6, 6.07) is 7.32. The molecule has 1 aliphatic rings. The molecule has 0 aliphatic carbocycles. The largest absolute Gasteiger partial charge is 0.492 e. The summed E-state index contributed by atoms with van der Waals surface area (Å²) in [5, 5.41) is 2.90. The predicted molar refractivity (Wildman–Crippen MR) is 85.5 cm³/mol. The van der Waals surface area contributed by atoms with Crippen LogP contribution in [0.5, 0.6) is 5.75 Å². The second kappa shape index (κ2) is 6.87. The Morgan fingerprint density at radius 3 is 2.71 bits per heavy atom. The molecule has 1 aromatic carbocycles. The number of hydrogen-bond acceptors (Lipinski definition) is 4. The zero-order chi connectivity index (χ0) is 15.3. The number of hydrogen-bond donors (Lipinski definition) is 2. The van der Waals surface area contributed by atoms with Gasteiger partial charge in [-0.3, -0.25) is 4.79 Å². The predicted octanol–water partition coefficient (Wildman–Crippen LogP) is 2.11. The lowest BCUT2D eigenvalue weighted by Gasteiger charge is -2.34. The molecule has 1 fully saturated rings. The van der Waals surface area contributed by atoms with Crippen molar-refractivity contribution in [3.05, 3.63) is 24.3 Å². The smallest absolute Gasteiger partial charge is 0.237 e. The maximum Gasteiger partial charge on any atom is 0.237 e. The molecule has 1 amide bonds. The zero-order valence-electron chi connectivity index (χ0n) is 12.1. The van der Waals surface area contributed by atoms with Crippen molar-refractivity contribution < 1.29 is 14.3 Å². The van der Waals surface area contributed by atoms with Crippen LogP contribution in [0.2, 0.25) is 0 Å². The Morgan fingerprint density at radius 2 is 2.10 bits per heavy atom. The van der Waals surface area contributed by atoms with E-state index in [1.807, 2.05) is 25.1 Å². The van der Waals surface area contributed by atoms with E-state index in [4.69, 9.17) is 27.4 Å². The van der Waals surface area contributed by atoms with Crippen molar-refractivity contribution in [3.8, 4) is 5.75 Å². The number of para-hydroxylation sites is 2. The van der Waals surface area contributed by atoms with Crippen LogP contribution in [0, 0.1) is 5.41 Å². The van der Waals surface area contributed by atoms with Gasteiger partial charge in [-0.2, -0.15) is 0 Å². The summed E-state index contributed by atoms with van der Waals surface area (Å²) in [5.41, 5.74) is 5.63. The molecule has 3 N–H and O–H groups in total. The van der Waals surface area contributed by atoms with Gasteiger partial charge in [0, 0.05) is 13.2 Å². The van der Waals surface area contributed by atoms with Crippen molar-refractivity contribution in [1.29, 1.82) is 0 Å². The van der Waals surface area contributed by atoms with Crippen molar-refractivity contribution in [1.82, 2.24) is 0 Å². The van der Waals surface area contributed by atoms with Gasteiger partial charge in [-0.15, -0.1) is 0 Å². The van der Waals surface area contributed by atoms with E-state index < -0.39 is 5.41 Å². The molecule has 1 heterocycles. The highest BCUT2D eigenvalue weighted by Crippen LogP contribution is 2.34. The molecule has 21 heavy (non-hydrogen) atoms. The van der Waals surface area contributed by atoms with E-state index in [9.17, 15) is 4.79 Å². The highest BCUT2D eigenvalue weighted by Gasteiger charge is 2.43. The summed E-state index contributed by atoms with van der Waals surface area (Å²) in [6.07, 6.45) is 1.01. The second-order valence-electron chi connectivity index (χ2n) is 4.94. The number of anilines is 1. The van der Waals surface area contributed by atoms with E-state index in [1.165, 1.54) is 0 Å². The molecule has 0 unspecified atom stereocenters. The Kier molecular flexibility index (Phi) is 5.14. The van der Waals surface area contributed by atoms with Crippen LogP contribution in [0.3, 0.4) is 0 Å². The first kappa shape index (κ1) is 15.7. The molecular weight excluding hydrogens is 288 g/mol. The first-order valence-electron chi connectivity index (χ1n) is 7.01. The van der Waals surface area contributed by atoms with Gasteiger partial charge in [-0.05, 0) is 31.9 Å². The molecule has 2 rings (SSSR count). The Labute approximate surface area is 129 Å². The standard InChI is InChI=1S/C15H20N2O3S/c1-2-20-12-6-4-3-5-11(12)17-14(18)15(13(16)21)7-9-19-10-8-15/h3-6H,2,7-10H2,1H3,(H2,16,21)(H,17,18). The Morgan fingerprint density at radius 1 is 1.43 bits per heavy atom. The number of benzene rings is 1. The first-order valence-corrected chi connectivity index (χ1v) is 7.42. The molecular formula is C15H20N2O3S. The minimum Gasteiger partial charge on any atom is -0.492 e. The van der Waals surface area contributed by atoms with Crippen LogP contribution < -0.4 is 15.8 Å². The third kappa shape index (κ3) is 3.33. The molecule has 1 aromatic rings. The molecule has 0 spiro atoms. The number of amides is 1. The molecule has 6 heteroatoms. The molecule has 0 saturated carbocycles. The lowest BCUT2D eigenvalue weighted by Crippen LogP contribution is -2.49.